The van der Waals surface area contributed by atoms with E-state index in [-0.39, 0.29) is 5.91 Å². The van der Waals surface area contributed by atoms with Crippen LogP contribution in [0.25, 0.3) is 0 Å². The van der Waals surface area contributed by atoms with E-state index in [1.807, 2.05) is 37.4 Å². The van der Waals surface area contributed by atoms with Gasteiger partial charge in [0.1, 0.15) is 5.38 Å². The molecule has 0 spiro atoms. The number of likely N-dealkylation sites (N-methyl/N-ethyl adjacent to an activating group) is 1. The van der Waals surface area contributed by atoms with Gasteiger partial charge in [0, 0.05) is 13.6 Å². The maximum Gasteiger partial charge on any atom is 0.244 e. The first-order valence-electron chi connectivity index (χ1n) is 7.20. The Hall–Kier alpha value is -1.06. The molecule has 1 saturated heterocycles. The molecule has 3 nitrogen and oxygen atoms in total. The maximum atomic E-state index is 12.4. The maximum absolute atomic E-state index is 12.4. The van der Waals surface area contributed by atoms with E-state index in [2.05, 4.69) is 11.9 Å². The molecule has 0 aromatic heterocycles. The molecule has 1 aromatic rings. The summed E-state index contributed by atoms with van der Waals surface area (Å²) in [5, 5.41) is -0.576. The average Bonchev–Trinajstić information content (AvgIpc) is 2.49. The fourth-order valence-corrected chi connectivity index (χ4v) is 2.99. The van der Waals surface area contributed by atoms with E-state index in [4.69, 9.17) is 11.6 Å². The van der Waals surface area contributed by atoms with Crippen LogP contribution in [0, 0.1) is 5.92 Å². The van der Waals surface area contributed by atoms with E-state index in [1.165, 1.54) is 0 Å². The minimum atomic E-state index is -0.576. The standard InChI is InChI=1S/C16H23ClN2O/c1-18-10-8-13(9-11-18)12-19(2)16(20)15(17)14-6-4-3-5-7-14/h3-7,13,15H,8-12H2,1-2H3. The zero-order valence-corrected chi connectivity index (χ0v) is 13.0. The van der Waals surface area contributed by atoms with Crippen LogP contribution in [0.5, 0.6) is 0 Å². The third-order valence-electron chi connectivity index (χ3n) is 4.06. The molecule has 0 N–H and O–H groups in total. The molecule has 1 heterocycles. The van der Waals surface area contributed by atoms with Gasteiger partial charge in [-0.05, 0) is 44.5 Å². The zero-order chi connectivity index (χ0) is 14.5. The van der Waals surface area contributed by atoms with Crippen molar-refractivity contribution in [3.05, 3.63) is 35.9 Å². The first-order chi connectivity index (χ1) is 9.58. The molecule has 0 aliphatic carbocycles. The number of benzene rings is 1. The molecular formula is C16H23ClN2O. The van der Waals surface area contributed by atoms with Crippen molar-refractivity contribution in [2.75, 3.05) is 33.7 Å². The molecule has 0 radical (unpaired) electrons. The fourth-order valence-electron chi connectivity index (χ4n) is 2.68. The molecule has 1 aliphatic heterocycles. The quantitative estimate of drug-likeness (QED) is 0.797. The molecule has 1 aliphatic rings. The van der Waals surface area contributed by atoms with E-state index in [9.17, 15) is 4.79 Å². The highest BCUT2D eigenvalue weighted by atomic mass is 35.5. The summed E-state index contributed by atoms with van der Waals surface area (Å²) in [5.74, 6) is 0.594. The summed E-state index contributed by atoms with van der Waals surface area (Å²) < 4.78 is 0. The summed E-state index contributed by atoms with van der Waals surface area (Å²) >= 11 is 6.29. The summed E-state index contributed by atoms with van der Waals surface area (Å²) in [6.45, 7) is 3.05. The second-order valence-corrected chi connectivity index (χ2v) is 6.18. The van der Waals surface area contributed by atoms with Crippen LogP contribution in [0.3, 0.4) is 0 Å². The molecule has 1 atom stereocenters. The lowest BCUT2D eigenvalue weighted by atomic mass is 9.96. The van der Waals surface area contributed by atoms with Crippen LogP contribution in [0.4, 0.5) is 0 Å². The van der Waals surface area contributed by atoms with Gasteiger partial charge in [0.25, 0.3) is 0 Å². The number of alkyl halides is 1. The molecule has 1 fully saturated rings. The summed E-state index contributed by atoms with van der Waals surface area (Å²) in [4.78, 5) is 16.5. The van der Waals surface area contributed by atoms with Crippen molar-refractivity contribution in [2.24, 2.45) is 5.92 Å². The summed E-state index contributed by atoms with van der Waals surface area (Å²) in [6.07, 6.45) is 2.32. The Kier molecular flexibility index (Phi) is 5.44. The van der Waals surface area contributed by atoms with Crippen LogP contribution in [0.15, 0.2) is 30.3 Å². The van der Waals surface area contributed by atoms with Crippen molar-refractivity contribution in [2.45, 2.75) is 18.2 Å². The number of halogens is 1. The number of nitrogens with zero attached hydrogens (tertiary/aromatic N) is 2. The van der Waals surface area contributed by atoms with Crippen LogP contribution < -0.4 is 0 Å². The molecule has 20 heavy (non-hydrogen) atoms. The van der Waals surface area contributed by atoms with Crippen molar-refractivity contribution >= 4 is 17.5 Å². The van der Waals surface area contributed by atoms with Gasteiger partial charge in [-0.3, -0.25) is 4.79 Å². The number of piperidine rings is 1. The van der Waals surface area contributed by atoms with E-state index in [0.29, 0.717) is 5.92 Å². The molecule has 2 rings (SSSR count). The predicted molar refractivity (Wildman–Crippen MR) is 82.9 cm³/mol. The van der Waals surface area contributed by atoms with E-state index in [1.54, 1.807) is 4.90 Å². The highest BCUT2D eigenvalue weighted by Crippen LogP contribution is 2.24. The van der Waals surface area contributed by atoms with Gasteiger partial charge < -0.3 is 9.80 Å². The van der Waals surface area contributed by atoms with Crippen molar-refractivity contribution in [3.8, 4) is 0 Å². The Morgan fingerprint density at radius 1 is 1.35 bits per heavy atom. The summed E-state index contributed by atoms with van der Waals surface area (Å²) in [7, 11) is 4.01. The fraction of sp³-hybridized carbons (Fsp3) is 0.562. The van der Waals surface area contributed by atoms with Gasteiger partial charge in [-0.1, -0.05) is 30.3 Å². The molecule has 1 aromatic carbocycles. The molecule has 0 saturated carbocycles. The van der Waals surface area contributed by atoms with Crippen molar-refractivity contribution in [1.82, 2.24) is 9.80 Å². The number of amides is 1. The van der Waals surface area contributed by atoms with E-state index < -0.39 is 5.38 Å². The number of likely N-dealkylation sites (tertiary alicyclic amines) is 1. The van der Waals surface area contributed by atoms with Crippen LogP contribution in [0.2, 0.25) is 0 Å². The Morgan fingerprint density at radius 2 is 1.95 bits per heavy atom. The molecule has 4 heteroatoms. The van der Waals surface area contributed by atoms with Gasteiger partial charge in [-0.15, -0.1) is 11.6 Å². The lowest BCUT2D eigenvalue weighted by molar-refractivity contribution is -0.130. The molecule has 1 unspecified atom stereocenters. The lowest BCUT2D eigenvalue weighted by Gasteiger charge is -2.32. The second kappa shape index (κ2) is 7.09. The number of carbonyl (C=O) groups is 1. The number of rotatable bonds is 4. The predicted octanol–water partition coefficient (Wildman–Crippen LogP) is 2.77. The van der Waals surface area contributed by atoms with E-state index >= 15 is 0 Å². The molecular weight excluding hydrogens is 272 g/mol. The Labute approximate surface area is 126 Å². The summed E-state index contributed by atoms with van der Waals surface area (Å²) in [5.41, 5.74) is 0.870. The van der Waals surface area contributed by atoms with Crippen LogP contribution in [-0.2, 0) is 4.79 Å². The SMILES string of the molecule is CN1CCC(CN(C)C(=O)C(Cl)c2ccccc2)CC1. The smallest absolute Gasteiger partial charge is 0.244 e. The highest BCUT2D eigenvalue weighted by Gasteiger charge is 2.25. The zero-order valence-electron chi connectivity index (χ0n) is 12.3. The first kappa shape index (κ1) is 15.3. The molecule has 1 amide bonds. The normalized spacial score (nSPS) is 18.8. The lowest BCUT2D eigenvalue weighted by Crippen LogP contribution is -2.39. The van der Waals surface area contributed by atoms with Crippen LogP contribution in [0.1, 0.15) is 23.8 Å². The van der Waals surface area contributed by atoms with Crippen molar-refractivity contribution in [1.29, 1.82) is 0 Å². The Morgan fingerprint density at radius 3 is 2.55 bits per heavy atom. The minimum absolute atomic E-state index is 0.00297. The summed E-state index contributed by atoms with van der Waals surface area (Å²) in [6, 6.07) is 9.56. The Balaban J connectivity index is 1.88. The Bertz CT molecular complexity index is 429. The van der Waals surface area contributed by atoms with Crippen molar-refractivity contribution < 1.29 is 4.79 Å². The highest BCUT2D eigenvalue weighted by molar-refractivity contribution is 6.30. The van der Waals surface area contributed by atoms with Gasteiger partial charge in [0.05, 0.1) is 0 Å². The number of carbonyl (C=O) groups excluding carboxylic acids is 1. The van der Waals surface area contributed by atoms with Crippen LogP contribution in [-0.4, -0.2) is 49.4 Å². The monoisotopic (exact) mass is 294 g/mol. The topological polar surface area (TPSA) is 23.6 Å². The van der Waals surface area contributed by atoms with Gasteiger partial charge >= 0.3 is 0 Å². The largest absolute Gasteiger partial charge is 0.344 e. The third-order valence-corrected chi connectivity index (χ3v) is 4.49. The third kappa shape index (κ3) is 3.97. The van der Waals surface area contributed by atoms with Gasteiger partial charge in [-0.2, -0.15) is 0 Å². The van der Waals surface area contributed by atoms with Gasteiger partial charge in [0.15, 0.2) is 0 Å². The number of hydrogen-bond donors (Lipinski definition) is 0. The second-order valence-electron chi connectivity index (χ2n) is 5.74. The molecule has 110 valence electrons. The van der Waals surface area contributed by atoms with Gasteiger partial charge in [-0.25, -0.2) is 0 Å². The number of hydrogen-bond acceptors (Lipinski definition) is 2. The molecule has 0 bridgehead atoms. The first-order valence-corrected chi connectivity index (χ1v) is 7.64. The van der Waals surface area contributed by atoms with Crippen molar-refractivity contribution in [3.63, 3.8) is 0 Å². The van der Waals surface area contributed by atoms with E-state index in [0.717, 1.165) is 38.0 Å². The van der Waals surface area contributed by atoms with Gasteiger partial charge in [0.2, 0.25) is 5.91 Å². The average molecular weight is 295 g/mol. The van der Waals surface area contributed by atoms with Crippen LogP contribution >= 0.6 is 11.6 Å². The minimum Gasteiger partial charge on any atom is -0.344 e.